The molecule has 0 fully saturated rings. The molecule has 0 aromatic heterocycles. The Morgan fingerprint density at radius 3 is 2.57 bits per heavy atom. The third-order valence-electron chi connectivity index (χ3n) is 2.91. The summed E-state index contributed by atoms with van der Waals surface area (Å²) in [6.45, 7) is 5.62. The lowest BCUT2D eigenvalue weighted by molar-refractivity contribution is 0.452. The van der Waals surface area contributed by atoms with Gasteiger partial charge in [0.15, 0.2) is 0 Å². The van der Waals surface area contributed by atoms with Crippen LogP contribution in [-0.4, -0.2) is 18.5 Å². The fourth-order valence-corrected chi connectivity index (χ4v) is 2.18. The molecular weight excluding hydrogens is 170 g/mol. The third kappa shape index (κ3) is 1.54. The van der Waals surface area contributed by atoms with E-state index in [0.29, 0.717) is 5.92 Å². The number of hydrogen-bond donors (Lipinski definition) is 0. The van der Waals surface area contributed by atoms with Crippen molar-refractivity contribution in [3.05, 3.63) is 41.6 Å². The molecule has 1 unspecified atom stereocenters. The maximum Gasteiger partial charge on any atom is 0.0236 e. The molecule has 2 rings (SSSR count). The molecule has 1 aliphatic heterocycles. The first kappa shape index (κ1) is 9.32. The Balaban J connectivity index is 2.41. The topological polar surface area (TPSA) is 3.24 Å². The molecule has 1 heteroatoms. The highest BCUT2D eigenvalue weighted by atomic mass is 15.1. The van der Waals surface area contributed by atoms with Crippen molar-refractivity contribution in [1.29, 1.82) is 0 Å². The highest BCUT2D eigenvalue weighted by Crippen LogP contribution is 2.31. The van der Waals surface area contributed by atoms with Gasteiger partial charge in [-0.3, -0.25) is 0 Å². The van der Waals surface area contributed by atoms with Crippen molar-refractivity contribution in [1.82, 2.24) is 4.90 Å². The largest absolute Gasteiger partial charge is 0.380 e. The van der Waals surface area contributed by atoms with Crippen molar-refractivity contribution in [2.45, 2.75) is 13.8 Å². The smallest absolute Gasteiger partial charge is 0.0236 e. The van der Waals surface area contributed by atoms with E-state index in [0.717, 1.165) is 6.54 Å². The van der Waals surface area contributed by atoms with Gasteiger partial charge in [0.1, 0.15) is 0 Å². The van der Waals surface area contributed by atoms with Crippen molar-refractivity contribution >= 4 is 5.57 Å². The molecular formula is C13H17N. The minimum atomic E-state index is 0.654. The fourth-order valence-electron chi connectivity index (χ4n) is 2.18. The van der Waals surface area contributed by atoms with E-state index in [-0.39, 0.29) is 0 Å². The molecule has 1 aliphatic rings. The molecule has 0 saturated carbocycles. The van der Waals surface area contributed by atoms with Gasteiger partial charge in [0, 0.05) is 25.7 Å². The summed E-state index contributed by atoms with van der Waals surface area (Å²) in [5, 5.41) is 0. The van der Waals surface area contributed by atoms with Crippen LogP contribution in [0.4, 0.5) is 0 Å². The normalized spacial score (nSPS) is 21.2. The zero-order chi connectivity index (χ0) is 10.1. The van der Waals surface area contributed by atoms with Gasteiger partial charge in [0.2, 0.25) is 0 Å². The summed E-state index contributed by atoms with van der Waals surface area (Å²) >= 11 is 0. The average molecular weight is 187 g/mol. The van der Waals surface area contributed by atoms with Gasteiger partial charge in [0.05, 0.1) is 0 Å². The molecule has 14 heavy (non-hydrogen) atoms. The second-order valence-corrected chi connectivity index (χ2v) is 4.24. The van der Waals surface area contributed by atoms with Crippen molar-refractivity contribution in [2.24, 2.45) is 5.92 Å². The summed E-state index contributed by atoms with van der Waals surface area (Å²) in [5.41, 5.74) is 4.26. The zero-order valence-electron chi connectivity index (χ0n) is 9.12. The minimum Gasteiger partial charge on any atom is -0.380 e. The zero-order valence-corrected chi connectivity index (χ0v) is 9.12. The Morgan fingerprint density at radius 1 is 1.29 bits per heavy atom. The number of benzene rings is 1. The van der Waals surface area contributed by atoms with Gasteiger partial charge in [0.25, 0.3) is 0 Å². The summed E-state index contributed by atoms with van der Waals surface area (Å²) in [6.07, 6.45) is 2.27. The van der Waals surface area contributed by atoms with Gasteiger partial charge in [-0.05, 0) is 23.6 Å². The number of rotatable bonds is 1. The molecule has 1 atom stereocenters. The van der Waals surface area contributed by atoms with E-state index < -0.39 is 0 Å². The number of aryl methyl sites for hydroxylation is 1. The van der Waals surface area contributed by atoms with Gasteiger partial charge in [-0.1, -0.05) is 31.2 Å². The molecule has 1 aromatic carbocycles. The van der Waals surface area contributed by atoms with Gasteiger partial charge in [-0.15, -0.1) is 0 Å². The lowest BCUT2D eigenvalue weighted by Gasteiger charge is -2.11. The van der Waals surface area contributed by atoms with Gasteiger partial charge < -0.3 is 4.90 Å². The first-order valence-corrected chi connectivity index (χ1v) is 5.16. The van der Waals surface area contributed by atoms with Crippen LogP contribution in [0.2, 0.25) is 0 Å². The Bertz CT molecular complexity index is 365. The van der Waals surface area contributed by atoms with E-state index in [1.807, 2.05) is 0 Å². The SMILES string of the molecule is Cc1ccccc1C1=CN(C)CC1C. The third-order valence-corrected chi connectivity index (χ3v) is 2.91. The molecule has 0 N–H and O–H groups in total. The van der Waals surface area contributed by atoms with Crippen LogP contribution in [0.3, 0.4) is 0 Å². The van der Waals surface area contributed by atoms with Crippen molar-refractivity contribution in [3.8, 4) is 0 Å². The summed E-state index contributed by atoms with van der Waals surface area (Å²) < 4.78 is 0. The highest BCUT2D eigenvalue weighted by molar-refractivity contribution is 5.71. The maximum atomic E-state index is 2.29. The van der Waals surface area contributed by atoms with Gasteiger partial charge >= 0.3 is 0 Å². The van der Waals surface area contributed by atoms with Crippen LogP contribution in [0, 0.1) is 12.8 Å². The maximum absolute atomic E-state index is 2.29. The van der Waals surface area contributed by atoms with E-state index >= 15 is 0 Å². The van der Waals surface area contributed by atoms with Crippen molar-refractivity contribution in [3.63, 3.8) is 0 Å². The van der Waals surface area contributed by atoms with Crippen molar-refractivity contribution < 1.29 is 0 Å². The minimum absolute atomic E-state index is 0.654. The summed E-state index contributed by atoms with van der Waals surface area (Å²) in [4.78, 5) is 2.27. The molecule has 0 radical (unpaired) electrons. The average Bonchev–Trinajstić information content (AvgIpc) is 2.46. The lowest BCUT2D eigenvalue weighted by atomic mass is 9.94. The van der Waals surface area contributed by atoms with Crippen LogP contribution >= 0.6 is 0 Å². The molecule has 1 aromatic rings. The van der Waals surface area contributed by atoms with Crippen LogP contribution in [-0.2, 0) is 0 Å². The van der Waals surface area contributed by atoms with E-state index in [2.05, 4.69) is 56.3 Å². The standard InChI is InChI=1S/C13H17N/c1-10-6-4-5-7-12(10)13-9-14(3)8-11(13)2/h4-7,9,11H,8H2,1-3H3. The van der Waals surface area contributed by atoms with E-state index in [9.17, 15) is 0 Å². The predicted molar refractivity (Wildman–Crippen MR) is 61.0 cm³/mol. The quantitative estimate of drug-likeness (QED) is 0.653. The molecule has 1 nitrogen and oxygen atoms in total. The van der Waals surface area contributed by atoms with E-state index in [1.54, 1.807) is 0 Å². The highest BCUT2D eigenvalue weighted by Gasteiger charge is 2.19. The Morgan fingerprint density at radius 2 is 2.00 bits per heavy atom. The fraction of sp³-hybridized carbons (Fsp3) is 0.385. The first-order chi connectivity index (χ1) is 6.68. The molecule has 0 saturated heterocycles. The van der Waals surface area contributed by atoms with Crippen LogP contribution in [0.5, 0.6) is 0 Å². The van der Waals surface area contributed by atoms with Gasteiger partial charge in [-0.2, -0.15) is 0 Å². The van der Waals surface area contributed by atoms with Crippen LogP contribution in [0.15, 0.2) is 30.5 Å². The van der Waals surface area contributed by atoms with Crippen LogP contribution in [0.1, 0.15) is 18.1 Å². The Labute approximate surface area is 86.1 Å². The van der Waals surface area contributed by atoms with Crippen molar-refractivity contribution in [2.75, 3.05) is 13.6 Å². The second-order valence-electron chi connectivity index (χ2n) is 4.24. The monoisotopic (exact) mass is 187 g/mol. The molecule has 0 spiro atoms. The molecule has 0 aliphatic carbocycles. The summed E-state index contributed by atoms with van der Waals surface area (Å²) in [6, 6.07) is 8.62. The summed E-state index contributed by atoms with van der Waals surface area (Å²) in [7, 11) is 2.14. The second kappa shape index (κ2) is 3.49. The lowest BCUT2D eigenvalue weighted by Crippen LogP contribution is -2.10. The van der Waals surface area contributed by atoms with E-state index in [1.165, 1.54) is 16.7 Å². The molecule has 0 amide bonds. The molecule has 0 bridgehead atoms. The molecule has 1 heterocycles. The van der Waals surface area contributed by atoms with E-state index in [4.69, 9.17) is 0 Å². The van der Waals surface area contributed by atoms with Crippen LogP contribution in [0.25, 0.3) is 5.57 Å². The molecule has 74 valence electrons. The predicted octanol–water partition coefficient (Wildman–Crippen LogP) is 2.92. The van der Waals surface area contributed by atoms with Crippen LogP contribution < -0.4 is 0 Å². The summed E-state index contributed by atoms with van der Waals surface area (Å²) in [5.74, 6) is 0.654. The first-order valence-electron chi connectivity index (χ1n) is 5.16. The number of hydrogen-bond acceptors (Lipinski definition) is 1. The Kier molecular flexibility index (Phi) is 2.32. The number of nitrogens with zero attached hydrogens (tertiary/aromatic N) is 1. The van der Waals surface area contributed by atoms with Gasteiger partial charge in [-0.25, -0.2) is 0 Å². The Hall–Kier alpha value is -1.24.